The van der Waals surface area contributed by atoms with E-state index in [2.05, 4.69) is 23.6 Å². The molecule has 7 nitrogen and oxygen atoms in total. The van der Waals surface area contributed by atoms with Gasteiger partial charge in [0.2, 0.25) is 5.91 Å². The molecule has 0 saturated heterocycles. The fraction of sp³-hybridized carbons (Fsp3) is 0.545. The maximum absolute atomic E-state index is 14.4. The van der Waals surface area contributed by atoms with Gasteiger partial charge in [0, 0.05) is 12.2 Å². The molecule has 2 aromatic rings. The number of carbonyl (C=O) groups is 3. The highest BCUT2D eigenvalue weighted by atomic mass is 16.6. The summed E-state index contributed by atoms with van der Waals surface area (Å²) in [7, 11) is 0. The van der Waals surface area contributed by atoms with E-state index in [1.54, 1.807) is 25.7 Å². The van der Waals surface area contributed by atoms with Crippen molar-refractivity contribution in [1.29, 1.82) is 0 Å². The molecule has 0 aromatic heterocycles. The van der Waals surface area contributed by atoms with Crippen LogP contribution in [0.4, 0.5) is 10.5 Å². The Kier molecular flexibility index (Phi) is 12.2. The lowest BCUT2D eigenvalue weighted by molar-refractivity contribution is -0.141. The Morgan fingerprint density at radius 2 is 1.57 bits per heavy atom. The Morgan fingerprint density at radius 1 is 0.950 bits per heavy atom. The van der Waals surface area contributed by atoms with Crippen LogP contribution in [-0.4, -0.2) is 41.0 Å². The third-order valence-electron chi connectivity index (χ3n) is 6.50. The number of amides is 3. The van der Waals surface area contributed by atoms with Gasteiger partial charge in [-0.05, 0) is 77.5 Å². The Hall–Kier alpha value is -3.35. The zero-order valence-electron chi connectivity index (χ0n) is 25.9. The summed E-state index contributed by atoms with van der Waals surface area (Å²) in [6.45, 7) is 17.8. The average molecular weight is 552 g/mol. The number of rotatable bonds is 12. The number of nitrogens with zero attached hydrogens (tertiary/aromatic N) is 1. The molecule has 0 spiro atoms. The number of nitrogens with one attached hydrogen (secondary N) is 2. The van der Waals surface area contributed by atoms with E-state index in [-0.39, 0.29) is 17.7 Å². The molecule has 220 valence electrons. The molecule has 0 aliphatic carbocycles. The monoisotopic (exact) mass is 551 g/mol. The van der Waals surface area contributed by atoms with E-state index >= 15 is 0 Å². The molecular weight excluding hydrogens is 502 g/mol. The first-order valence-corrected chi connectivity index (χ1v) is 14.5. The summed E-state index contributed by atoms with van der Waals surface area (Å²) < 4.78 is 5.49. The maximum atomic E-state index is 14.4. The van der Waals surface area contributed by atoms with Crippen LogP contribution in [-0.2, 0) is 14.3 Å². The predicted molar refractivity (Wildman–Crippen MR) is 162 cm³/mol. The van der Waals surface area contributed by atoms with Gasteiger partial charge in [-0.1, -0.05) is 81.1 Å². The summed E-state index contributed by atoms with van der Waals surface area (Å²) in [4.78, 5) is 42.9. The van der Waals surface area contributed by atoms with Gasteiger partial charge in [-0.15, -0.1) is 0 Å². The van der Waals surface area contributed by atoms with E-state index in [9.17, 15) is 14.4 Å². The van der Waals surface area contributed by atoms with Crippen molar-refractivity contribution in [3.05, 3.63) is 64.7 Å². The molecule has 2 unspecified atom stereocenters. The number of benzene rings is 2. The minimum atomic E-state index is -0.877. The van der Waals surface area contributed by atoms with Gasteiger partial charge in [0.25, 0.3) is 5.91 Å². The van der Waals surface area contributed by atoms with Crippen LogP contribution in [0.15, 0.2) is 42.5 Å². The number of alkyl carbamates (subject to hydrolysis) is 1. The van der Waals surface area contributed by atoms with E-state index in [0.717, 1.165) is 41.5 Å². The minimum Gasteiger partial charge on any atom is -0.444 e. The number of unbranched alkanes of at least 4 members (excludes halogenated alkanes) is 2. The van der Waals surface area contributed by atoms with Gasteiger partial charge in [0.15, 0.2) is 0 Å². The first-order chi connectivity index (χ1) is 18.7. The zero-order chi connectivity index (χ0) is 30.0. The van der Waals surface area contributed by atoms with Gasteiger partial charge < -0.3 is 20.3 Å². The molecule has 0 radical (unpaired) electrons. The van der Waals surface area contributed by atoms with E-state index in [4.69, 9.17) is 4.74 Å². The van der Waals surface area contributed by atoms with Crippen molar-refractivity contribution < 1.29 is 19.1 Å². The summed E-state index contributed by atoms with van der Waals surface area (Å²) >= 11 is 0. The normalized spacial score (nSPS) is 12.9. The second-order valence-corrected chi connectivity index (χ2v) is 12.2. The molecule has 3 amide bonds. The molecule has 2 rings (SSSR count). The summed E-state index contributed by atoms with van der Waals surface area (Å²) in [5.74, 6) is -0.452. The fourth-order valence-corrected chi connectivity index (χ4v) is 4.80. The Bertz CT molecular complexity index is 1130. The summed E-state index contributed by atoms with van der Waals surface area (Å²) in [5, 5.41) is 5.90. The van der Waals surface area contributed by atoms with Gasteiger partial charge >= 0.3 is 6.09 Å². The van der Waals surface area contributed by atoms with Crippen molar-refractivity contribution >= 4 is 23.6 Å². The second kappa shape index (κ2) is 14.9. The largest absolute Gasteiger partial charge is 0.444 e. The van der Waals surface area contributed by atoms with Crippen LogP contribution in [0.3, 0.4) is 0 Å². The molecule has 2 aromatic carbocycles. The highest BCUT2D eigenvalue weighted by Crippen LogP contribution is 2.28. The number of ether oxygens (including phenoxy) is 1. The van der Waals surface area contributed by atoms with Crippen LogP contribution in [0.25, 0.3) is 0 Å². The third kappa shape index (κ3) is 10.3. The lowest BCUT2D eigenvalue weighted by Gasteiger charge is -2.35. The lowest BCUT2D eigenvalue weighted by Crippen LogP contribution is -2.53. The smallest absolute Gasteiger partial charge is 0.408 e. The minimum absolute atomic E-state index is 0.127. The quantitative estimate of drug-likeness (QED) is 0.272. The highest BCUT2D eigenvalue weighted by molar-refractivity contribution is 5.99. The number of hydrogen-bond donors (Lipinski definition) is 2. The molecule has 40 heavy (non-hydrogen) atoms. The van der Waals surface area contributed by atoms with Crippen LogP contribution in [0.1, 0.15) is 95.5 Å². The molecule has 0 aliphatic heterocycles. The van der Waals surface area contributed by atoms with Crippen LogP contribution in [0.2, 0.25) is 0 Å². The number of anilines is 1. The van der Waals surface area contributed by atoms with Crippen LogP contribution >= 0.6 is 0 Å². The number of hydrogen-bond acceptors (Lipinski definition) is 4. The van der Waals surface area contributed by atoms with Gasteiger partial charge in [0.05, 0.1) is 0 Å². The van der Waals surface area contributed by atoms with Crippen molar-refractivity contribution in [2.24, 2.45) is 5.92 Å². The Balaban J connectivity index is 2.59. The SMILES string of the molecule is CCCCCN(C(=O)C(CC(C)C)NC(=O)OC(C)(C)C)C(C(=O)Nc1ccccc1C)c1cc(C)cc(C)c1. The van der Waals surface area contributed by atoms with Crippen LogP contribution in [0.5, 0.6) is 0 Å². The molecule has 0 fully saturated rings. The molecule has 0 heterocycles. The lowest BCUT2D eigenvalue weighted by atomic mass is 9.96. The van der Waals surface area contributed by atoms with Gasteiger partial charge in [-0.3, -0.25) is 9.59 Å². The first kappa shape index (κ1) is 32.9. The molecule has 0 aliphatic rings. The fourth-order valence-electron chi connectivity index (χ4n) is 4.80. The van der Waals surface area contributed by atoms with E-state index in [1.807, 2.05) is 71.0 Å². The van der Waals surface area contributed by atoms with E-state index < -0.39 is 23.8 Å². The molecular formula is C33H49N3O4. The summed E-state index contributed by atoms with van der Waals surface area (Å²) in [6.07, 6.45) is 2.39. The van der Waals surface area contributed by atoms with Crippen molar-refractivity contribution in [2.75, 3.05) is 11.9 Å². The van der Waals surface area contributed by atoms with Gasteiger partial charge in [-0.25, -0.2) is 4.79 Å². The average Bonchev–Trinajstić information content (AvgIpc) is 2.82. The van der Waals surface area contributed by atoms with Gasteiger partial charge in [0.1, 0.15) is 17.7 Å². The van der Waals surface area contributed by atoms with Crippen molar-refractivity contribution in [1.82, 2.24) is 10.2 Å². The molecule has 0 bridgehead atoms. The first-order valence-electron chi connectivity index (χ1n) is 14.5. The molecule has 7 heteroatoms. The summed E-state index contributed by atoms with van der Waals surface area (Å²) in [6, 6.07) is 11.9. The standard InChI is InChI=1S/C33H49N3O4/c1-10-11-14-17-36(31(38)28(18-22(2)3)35-32(39)40-33(7,8)9)29(26-20-23(4)19-24(5)21-26)30(37)34-27-16-13-12-15-25(27)6/h12-13,15-16,19-22,28-29H,10-11,14,17-18H2,1-9H3,(H,34,37)(H,35,39). The third-order valence-corrected chi connectivity index (χ3v) is 6.50. The van der Waals surface area contributed by atoms with Crippen LogP contribution < -0.4 is 10.6 Å². The summed E-state index contributed by atoms with van der Waals surface area (Å²) in [5.41, 5.74) is 3.70. The number of aryl methyl sites for hydroxylation is 3. The maximum Gasteiger partial charge on any atom is 0.408 e. The molecule has 2 atom stereocenters. The van der Waals surface area contributed by atoms with Crippen molar-refractivity contribution in [3.8, 4) is 0 Å². The van der Waals surface area contributed by atoms with Crippen LogP contribution in [0, 0.1) is 26.7 Å². The van der Waals surface area contributed by atoms with Crippen molar-refractivity contribution in [2.45, 2.75) is 106 Å². The van der Waals surface area contributed by atoms with E-state index in [1.165, 1.54) is 0 Å². The van der Waals surface area contributed by atoms with E-state index in [0.29, 0.717) is 18.7 Å². The zero-order valence-corrected chi connectivity index (χ0v) is 25.9. The topological polar surface area (TPSA) is 87.7 Å². The molecule has 0 saturated carbocycles. The predicted octanol–water partition coefficient (Wildman–Crippen LogP) is 7.25. The number of para-hydroxylation sites is 1. The van der Waals surface area contributed by atoms with Crippen molar-refractivity contribution in [3.63, 3.8) is 0 Å². The molecule has 2 N–H and O–H groups in total. The van der Waals surface area contributed by atoms with Gasteiger partial charge in [-0.2, -0.15) is 0 Å². The Labute approximate surface area is 241 Å². The second-order valence-electron chi connectivity index (χ2n) is 12.2. The highest BCUT2D eigenvalue weighted by Gasteiger charge is 2.36. The number of carbonyl (C=O) groups excluding carboxylic acids is 3. The Morgan fingerprint density at radius 3 is 2.12 bits per heavy atom.